The smallest absolute Gasteiger partial charge is 0.194 e. The monoisotopic (exact) mass is 283 g/mol. The molecule has 18 heavy (non-hydrogen) atoms. The van der Waals surface area contributed by atoms with Gasteiger partial charge in [0.2, 0.25) is 0 Å². The second kappa shape index (κ2) is 5.50. The Kier molecular flexibility index (Phi) is 3.99. The number of nitrogens with zero attached hydrogens (tertiary/aromatic N) is 3. The van der Waals surface area contributed by atoms with Crippen LogP contribution < -0.4 is 4.74 Å². The van der Waals surface area contributed by atoms with Gasteiger partial charge in [0, 0.05) is 11.8 Å². The highest BCUT2D eigenvalue weighted by Gasteiger charge is 2.10. The van der Waals surface area contributed by atoms with Crippen molar-refractivity contribution < 1.29 is 4.74 Å². The van der Waals surface area contributed by atoms with Gasteiger partial charge in [-0.05, 0) is 25.5 Å². The van der Waals surface area contributed by atoms with Gasteiger partial charge in [0.15, 0.2) is 16.1 Å². The molecule has 0 amide bonds. The van der Waals surface area contributed by atoms with Gasteiger partial charge in [0.1, 0.15) is 5.75 Å². The second-order valence-corrected chi connectivity index (χ2v) is 4.42. The Labute approximate surface area is 115 Å². The van der Waals surface area contributed by atoms with E-state index in [1.54, 1.807) is 0 Å². The van der Waals surface area contributed by atoms with Crippen LogP contribution in [0.1, 0.15) is 18.3 Å². The Morgan fingerprint density at radius 3 is 2.67 bits per heavy atom. The van der Waals surface area contributed by atoms with Crippen LogP contribution in [0.25, 0.3) is 0 Å². The largest absolute Gasteiger partial charge is 0.452 e. The van der Waals surface area contributed by atoms with Gasteiger partial charge in [-0.1, -0.05) is 30.1 Å². The zero-order valence-electron chi connectivity index (χ0n) is 9.94. The highest BCUT2D eigenvalue weighted by atomic mass is 35.5. The normalized spacial score (nSPS) is 10.4. The molecule has 0 bridgehead atoms. The molecule has 0 spiro atoms. The number of aryl methyl sites for hydroxylation is 2. The lowest BCUT2D eigenvalue weighted by Gasteiger charge is -2.10. The SMILES string of the molecule is CCc1nc(C)ccc1Oc1cc(Cl)nnc1Cl. The maximum Gasteiger partial charge on any atom is 0.194 e. The zero-order valence-corrected chi connectivity index (χ0v) is 11.5. The Balaban J connectivity index is 2.36. The lowest BCUT2D eigenvalue weighted by atomic mass is 10.2. The molecule has 4 nitrogen and oxygen atoms in total. The standard InChI is InChI=1S/C12H11Cl2N3O/c1-3-8-9(5-4-7(2)15-8)18-10-6-11(13)16-17-12(10)14/h4-6H,3H2,1-2H3. The summed E-state index contributed by atoms with van der Waals surface area (Å²) in [5.74, 6) is 1.02. The summed E-state index contributed by atoms with van der Waals surface area (Å²) in [6.07, 6.45) is 0.765. The van der Waals surface area contributed by atoms with Crippen LogP contribution in [-0.2, 0) is 6.42 Å². The quantitative estimate of drug-likeness (QED) is 0.859. The van der Waals surface area contributed by atoms with E-state index in [2.05, 4.69) is 15.2 Å². The molecular formula is C12H11Cl2N3O. The van der Waals surface area contributed by atoms with Gasteiger partial charge in [-0.3, -0.25) is 4.98 Å². The molecule has 0 N–H and O–H groups in total. The minimum atomic E-state index is 0.169. The van der Waals surface area contributed by atoms with E-state index in [0.717, 1.165) is 17.8 Å². The summed E-state index contributed by atoms with van der Waals surface area (Å²) in [5, 5.41) is 7.71. The van der Waals surface area contributed by atoms with Gasteiger partial charge in [0.25, 0.3) is 0 Å². The van der Waals surface area contributed by atoms with E-state index in [4.69, 9.17) is 27.9 Å². The molecule has 94 valence electrons. The average molecular weight is 284 g/mol. The number of pyridine rings is 1. The molecule has 0 saturated heterocycles. The summed E-state index contributed by atoms with van der Waals surface area (Å²) < 4.78 is 5.69. The van der Waals surface area contributed by atoms with Crippen LogP contribution in [0.15, 0.2) is 18.2 Å². The van der Waals surface area contributed by atoms with Crippen LogP contribution in [0.4, 0.5) is 0 Å². The summed E-state index contributed by atoms with van der Waals surface area (Å²) in [5.41, 5.74) is 1.80. The average Bonchev–Trinajstić information content (AvgIpc) is 2.36. The first-order chi connectivity index (χ1) is 8.60. The zero-order chi connectivity index (χ0) is 13.1. The number of aromatic nitrogens is 3. The molecule has 0 aliphatic rings. The molecular weight excluding hydrogens is 273 g/mol. The van der Waals surface area contributed by atoms with Crippen molar-refractivity contribution in [2.45, 2.75) is 20.3 Å². The Hall–Kier alpha value is -1.39. The van der Waals surface area contributed by atoms with Gasteiger partial charge in [-0.25, -0.2) is 0 Å². The fourth-order valence-corrected chi connectivity index (χ4v) is 1.74. The molecule has 2 rings (SSSR count). The van der Waals surface area contributed by atoms with Gasteiger partial charge < -0.3 is 4.74 Å². The van der Waals surface area contributed by atoms with Crippen LogP contribution in [0, 0.1) is 6.92 Å². The lowest BCUT2D eigenvalue weighted by molar-refractivity contribution is 0.469. The van der Waals surface area contributed by atoms with Crippen LogP contribution >= 0.6 is 23.2 Å². The molecule has 2 heterocycles. The van der Waals surface area contributed by atoms with E-state index in [1.807, 2.05) is 26.0 Å². The van der Waals surface area contributed by atoms with Crippen LogP contribution in [0.3, 0.4) is 0 Å². The Morgan fingerprint density at radius 2 is 1.94 bits per heavy atom. The first-order valence-corrected chi connectivity index (χ1v) is 6.19. The summed E-state index contributed by atoms with van der Waals surface area (Å²) >= 11 is 11.6. The van der Waals surface area contributed by atoms with E-state index >= 15 is 0 Å². The summed E-state index contributed by atoms with van der Waals surface area (Å²) in [6.45, 7) is 3.94. The first-order valence-electron chi connectivity index (χ1n) is 5.43. The molecule has 0 aliphatic heterocycles. The highest BCUT2D eigenvalue weighted by molar-refractivity contribution is 6.32. The van der Waals surface area contributed by atoms with Crippen molar-refractivity contribution in [1.82, 2.24) is 15.2 Å². The van der Waals surface area contributed by atoms with Gasteiger partial charge in [-0.15, -0.1) is 10.2 Å². The Morgan fingerprint density at radius 1 is 1.17 bits per heavy atom. The minimum Gasteiger partial charge on any atom is -0.452 e. The molecule has 0 aromatic carbocycles. The highest BCUT2D eigenvalue weighted by Crippen LogP contribution is 2.30. The third-order valence-corrected chi connectivity index (χ3v) is 2.76. The molecule has 0 radical (unpaired) electrons. The van der Waals surface area contributed by atoms with Crippen LogP contribution in [0.5, 0.6) is 11.5 Å². The van der Waals surface area contributed by atoms with E-state index in [1.165, 1.54) is 6.07 Å². The summed E-state index contributed by atoms with van der Waals surface area (Å²) in [6, 6.07) is 5.25. The fourth-order valence-electron chi connectivity index (χ4n) is 1.47. The Bertz CT molecular complexity index is 575. The van der Waals surface area contributed by atoms with Gasteiger partial charge in [-0.2, -0.15) is 0 Å². The van der Waals surface area contributed by atoms with E-state index < -0.39 is 0 Å². The number of rotatable bonds is 3. The maximum absolute atomic E-state index is 5.90. The summed E-state index contributed by atoms with van der Waals surface area (Å²) in [4.78, 5) is 4.40. The van der Waals surface area contributed by atoms with Crippen molar-refractivity contribution in [2.75, 3.05) is 0 Å². The molecule has 2 aromatic rings. The number of halogens is 2. The predicted molar refractivity (Wildman–Crippen MR) is 70.5 cm³/mol. The van der Waals surface area contributed by atoms with Crippen molar-refractivity contribution in [2.24, 2.45) is 0 Å². The predicted octanol–water partition coefficient (Wildman–Crippen LogP) is 3.84. The third kappa shape index (κ3) is 2.89. The summed E-state index contributed by atoms with van der Waals surface area (Å²) in [7, 11) is 0. The van der Waals surface area contributed by atoms with Gasteiger partial charge in [0.05, 0.1) is 5.69 Å². The van der Waals surface area contributed by atoms with E-state index in [0.29, 0.717) is 11.5 Å². The first kappa shape index (κ1) is 13.1. The van der Waals surface area contributed by atoms with Crippen molar-refractivity contribution >= 4 is 23.2 Å². The van der Waals surface area contributed by atoms with Crippen LogP contribution in [0.2, 0.25) is 10.3 Å². The molecule has 0 fully saturated rings. The molecule has 0 atom stereocenters. The molecule has 0 saturated carbocycles. The lowest BCUT2D eigenvalue weighted by Crippen LogP contribution is -1.97. The number of hydrogen-bond donors (Lipinski definition) is 0. The van der Waals surface area contributed by atoms with Crippen molar-refractivity contribution in [3.63, 3.8) is 0 Å². The molecule has 6 heteroatoms. The second-order valence-electron chi connectivity index (χ2n) is 3.68. The minimum absolute atomic E-state index is 0.169. The number of hydrogen-bond acceptors (Lipinski definition) is 4. The molecule has 0 unspecified atom stereocenters. The van der Waals surface area contributed by atoms with Crippen molar-refractivity contribution in [1.29, 1.82) is 0 Å². The van der Waals surface area contributed by atoms with Crippen molar-refractivity contribution in [3.05, 3.63) is 39.9 Å². The molecule has 2 aromatic heterocycles. The number of ether oxygens (including phenoxy) is 1. The maximum atomic E-state index is 5.90. The van der Waals surface area contributed by atoms with E-state index in [9.17, 15) is 0 Å². The topological polar surface area (TPSA) is 47.9 Å². The van der Waals surface area contributed by atoms with Crippen LogP contribution in [-0.4, -0.2) is 15.2 Å². The van der Waals surface area contributed by atoms with E-state index in [-0.39, 0.29) is 10.3 Å². The third-order valence-electron chi connectivity index (χ3n) is 2.31. The molecule has 0 aliphatic carbocycles. The van der Waals surface area contributed by atoms with Crippen molar-refractivity contribution in [3.8, 4) is 11.5 Å². The fraction of sp³-hybridized carbons (Fsp3) is 0.250. The van der Waals surface area contributed by atoms with Gasteiger partial charge >= 0.3 is 0 Å².